The molecule has 2 heterocycles. The van der Waals surface area contributed by atoms with Crippen molar-refractivity contribution in [3.63, 3.8) is 0 Å². The number of carbonyl (C=O) groups excluding carboxylic acids is 1. The summed E-state index contributed by atoms with van der Waals surface area (Å²) in [7, 11) is -3.44. The van der Waals surface area contributed by atoms with Crippen LogP contribution in [0.4, 0.5) is 0 Å². The molecule has 5 nitrogen and oxygen atoms in total. The number of amides is 1. The summed E-state index contributed by atoms with van der Waals surface area (Å²) in [6.07, 6.45) is 1.40. The third kappa shape index (κ3) is 4.99. The fourth-order valence-corrected chi connectivity index (χ4v) is 6.97. The Hall–Kier alpha value is -1.22. The highest BCUT2D eigenvalue weighted by molar-refractivity contribution is 9.11. The molecule has 8 heteroatoms. The molecule has 2 aromatic rings. The Morgan fingerprint density at radius 1 is 1.22 bits per heavy atom. The number of halogens is 1. The Kier molecular flexibility index (Phi) is 6.73. The van der Waals surface area contributed by atoms with Crippen LogP contribution in [0.5, 0.6) is 0 Å². The molecule has 0 spiro atoms. The van der Waals surface area contributed by atoms with Crippen molar-refractivity contribution in [3.05, 3.63) is 51.8 Å². The van der Waals surface area contributed by atoms with Crippen LogP contribution >= 0.6 is 27.3 Å². The minimum absolute atomic E-state index is 0.0300. The summed E-state index contributed by atoms with van der Waals surface area (Å²) in [4.78, 5) is 12.5. The first-order valence-electron chi connectivity index (χ1n) is 8.95. The van der Waals surface area contributed by atoms with E-state index in [0.717, 1.165) is 9.35 Å². The minimum Gasteiger partial charge on any atom is -0.352 e. The van der Waals surface area contributed by atoms with E-state index in [1.807, 2.05) is 37.3 Å². The van der Waals surface area contributed by atoms with Crippen molar-refractivity contribution in [2.24, 2.45) is 11.8 Å². The van der Waals surface area contributed by atoms with Crippen LogP contribution in [0.3, 0.4) is 0 Å². The number of nitrogens with zero attached hydrogens (tertiary/aromatic N) is 1. The molecule has 1 aromatic heterocycles. The molecule has 1 saturated heterocycles. The Labute approximate surface area is 173 Å². The van der Waals surface area contributed by atoms with E-state index in [-0.39, 0.29) is 17.7 Å². The lowest BCUT2D eigenvalue weighted by atomic mass is 9.85. The highest BCUT2D eigenvalue weighted by atomic mass is 79.9. The summed E-state index contributed by atoms with van der Waals surface area (Å²) in [6, 6.07) is 13.2. The van der Waals surface area contributed by atoms with Crippen LogP contribution < -0.4 is 5.32 Å². The van der Waals surface area contributed by atoms with Crippen molar-refractivity contribution in [2.45, 2.75) is 30.5 Å². The monoisotopic (exact) mass is 470 g/mol. The van der Waals surface area contributed by atoms with Crippen molar-refractivity contribution < 1.29 is 13.2 Å². The Balaban J connectivity index is 1.53. The molecule has 1 N–H and O–H groups in total. The summed E-state index contributed by atoms with van der Waals surface area (Å²) >= 11 is 4.54. The number of thiophene rings is 1. The second-order valence-corrected chi connectivity index (χ2v) is 11.4. The number of sulfonamides is 1. The standard InChI is InChI=1S/C19H23BrN2O3S2/c1-14(19(23)21-13-15-5-3-2-4-6-15)16-9-11-22(12-10-16)27(24,25)18-8-7-17(20)26-18/h2-8,14,16H,9-13H2,1H3,(H,21,23). The molecule has 0 radical (unpaired) electrons. The lowest BCUT2D eigenvalue weighted by molar-refractivity contribution is -0.126. The van der Waals surface area contributed by atoms with Gasteiger partial charge in [0.1, 0.15) is 4.21 Å². The van der Waals surface area contributed by atoms with Crippen LogP contribution in [0.1, 0.15) is 25.3 Å². The zero-order valence-electron chi connectivity index (χ0n) is 15.1. The number of hydrogen-bond donors (Lipinski definition) is 1. The summed E-state index contributed by atoms with van der Waals surface area (Å²) < 4.78 is 28.1. The highest BCUT2D eigenvalue weighted by Gasteiger charge is 2.33. The molecule has 1 aliphatic heterocycles. The molecule has 0 saturated carbocycles. The van der Waals surface area contributed by atoms with E-state index in [9.17, 15) is 13.2 Å². The maximum atomic E-state index is 12.7. The number of piperidine rings is 1. The normalized spacial score (nSPS) is 17.6. The predicted octanol–water partition coefficient (Wildman–Crippen LogP) is 3.86. The van der Waals surface area contributed by atoms with Crippen molar-refractivity contribution in [1.82, 2.24) is 9.62 Å². The van der Waals surface area contributed by atoms with Gasteiger partial charge in [-0.15, -0.1) is 11.3 Å². The summed E-state index contributed by atoms with van der Waals surface area (Å²) in [5.41, 5.74) is 1.07. The number of nitrogens with one attached hydrogen (secondary N) is 1. The molecule has 27 heavy (non-hydrogen) atoms. The molecule has 3 rings (SSSR count). The lowest BCUT2D eigenvalue weighted by Crippen LogP contribution is -2.42. The van der Waals surface area contributed by atoms with Gasteiger partial charge in [-0.2, -0.15) is 4.31 Å². The van der Waals surface area contributed by atoms with Gasteiger partial charge in [-0.3, -0.25) is 4.79 Å². The van der Waals surface area contributed by atoms with E-state index in [4.69, 9.17) is 0 Å². The van der Waals surface area contributed by atoms with Gasteiger partial charge in [0, 0.05) is 25.6 Å². The number of rotatable bonds is 6. The molecule has 1 aliphatic rings. The van der Waals surface area contributed by atoms with E-state index in [2.05, 4.69) is 21.2 Å². The molecule has 1 amide bonds. The van der Waals surface area contributed by atoms with E-state index in [1.165, 1.54) is 15.6 Å². The average molecular weight is 471 g/mol. The smallest absolute Gasteiger partial charge is 0.252 e. The van der Waals surface area contributed by atoms with Gasteiger partial charge in [0.05, 0.1) is 3.79 Å². The van der Waals surface area contributed by atoms with E-state index in [0.29, 0.717) is 36.7 Å². The van der Waals surface area contributed by atoms with Gasteiger partial charge in [0.15, 0.2) is 0 Å². The van der Waals surface area contributed by atoms with E-state index in [1.54, 1.807) is 12.1 Å². The van der Waals surface area contributed by atoms with Crippen LogP contribution in [-0.2, 0) is 21.4 Å². The molecular weight excluding hydrogens is 448 g/mol. The van der Waals surface area contributed by atoms with Crippen molar-refractivity contribution in [1.29, 1.82) is 0 Å². The van der Waals surface area contributed by atoms with E-state index >= 15 is 0 Å². The lowest BCUT2D eigenvalue weighted by Gasteiger charge is -2.33. The Morgan fingerprint density at radius 3 is 2.48 bits per heavy atom. The van der Waals surface area contributed by atoms with Gasteiger partial charge in [0.2, 0.25) is 5.91 Å². The summed E-state index contributed by atoms with van der Waals surface area (Å²) in [6.45, 7) is 3.37. The zero-order valence-corrected chi connectivity index (χ0v) is 18.3. The molecule has 1 fully saturated rings. The maximum absolute atomic E-state index is 12.7. The van der Waals surface area contributed by atoms with Gasteiger partial charge in [-0.05, 0) is 52.4 Å². The molecular formula is C19H23BrN2O3S2. The first-order chi connectivity index (χ1) is 12.9. The molecule has 1 aromatic carbocycles. The van der Waals surface area contributed by atoms with Crippen molar-refractivity contribution in [3.8, 4) is 0 Å². The van der Waals surface area contributed by atoms with Crippen molar-refractivity contribution in [2.75, 3.05) is 13.1 Å². The molecule has 0 bridgehead atoms. The Bertz CT molecular complexity index is 875. The average Bonchev–Trinajstić information content (AvgIpc) is 3.13. The van der Waals surface area contributed by atoms with Crippen LogP contribution in [0.25, 0.3) is 0 Å². The fraction of sp³-hybridized carbons (Fsp3) is 0.421. The second-order valence-electron chi connectivity index (χ2n) is 6.79. The van der Waals surface area contributed by atoms with Crippen LogP contribution in [-0.4, -0.2) is 31.7 Å². The van der Waals surface area contributed by atoms with Crippen LogP contribution in [0.15, 0.2) is 50.5 Å². The largest absolute Gasteiger partial charge is 0.352 e. The van der Waals surface area contributed by atoms with Crippen LogP contribution in [0.2, 0.25) is 0 Å². The molecule has 146 valence electrons. The van der Waals surface area contributed by atoms with Crippen molar-refractivity contribution >= 4 is 43.2 Å². The first-order valence-corrected chi connectivity index (χ1v) is 12.0. The predicted molar refractivity (Wildman–Crippen MR) is 111 cm³/mol. The first kappa shape index (κ1) is 20.5. The van der Waals surface area contributed by atoms with Gasteiger partial charge in [-0.1, -0.05) is 37.3 Å². The SMILES string of the molecule is CC(C(=O)NCc1ccccc1)C1CCN(S(=O)(=O)c2ccc(Br)s2)CC1. The minimum atomic E-state index is -3.44. The van der Waals surface area contributed by atoms with Gasteiger partial charge in [0.25, 0.3) is 10.0 Å². The van der Waals surface area contributed by atoms with Gasteiger partial charge in [-0.25, -0.2) is 8.42 Å². The number of benzene rings is 1. The third-order valence-corrected chi connectivity index (χ3v) is 9.06. The van der Waals surface area contributed by atoms with Crippen LogP contribution in [0, 0.1) is 11.8 Å². The summed E-state index contributed by atoms with van der Waals surface area (Å²) in [5.74, 6) is 0.0964. The number of hydrogen-bond acceptors (Lipinski definition) is 4. The number of carbonyl (C=O) groups is 1. The van der Waals surface area contributed by atoms with Gasteiger partial charge < -0.3 is 5.32 Å². The fourth-order valence-electron chi connectivity index (χ4n) is 3.34. The highest BCUT2D eigenvalue weighted by Crippen LogP contribution is 2.32. The van der Waals surface area contributed by atoms with Gasteiger partial charge >= 0.3 is 0 Å². The summed E-state index contributed by atoms with van der Waals surface area (Å²) in [5, 5.41) is 2.99. The quantitative estimate of drug-likeness (QED) is 0.696. The van der Waals surface area contributed by atoms with E-state index < -0.39 is 10.0 Å². The maximum Gasteiger partial charge on any atom is 0.252 e. The third-order valence-electron chi connectivity index (χ3n) is 5.07. The zero-order chi connectivity index (χ0) is 19.4. The topological polar surface area (TPSA) is 66.5 Å². The molecule has 1 atom stereocenters. The molecule has 0 aliphatic carbocycles. The Morgan fingerprint density at radius 2 is 1.89 bits per heavy atom. The second kappa shape index (κ2) is 8.86. The molecule has 1 unspecified atom stereocenters.